The number of aromatic nitrogens is 2. The molecule has 38 heavy (non-hydrogen) atoms. The Balaban J connectivity index is 1.32. The highest BCUT2D eigenvalue weighted by molar-refractivity contribution is 7.92. The van der Waals surface area contributed by atoms with Gasteiger partial charge >= 0.3 is 6.18 Å². The molecule has 1 saturated heterocycles. The summed E-state index contributed by atoms with van der Waals surface area (Å²) in [7, 11) is -3.96. The number of carbonyl (C=O) groups excluding carboxylic acids is 1. The Hall–Kier alpha value is -3.38. The minimum absolute atomic E-state index is 0.0271. The molecule has 7 nitrogen and oxygen atoms in total. The molecule has 2 aromatic carbocycles. The summed E-state index contributed by atoms with van der Waals surface area (Å²) in [6.07, 6.45) is -2.87. The number of hydrogen-bond acceptors (Lipinski definition) is 6. The van der Waals surface area contributed by atoms with E-state index in [4.69, 9.17) is 4.74 Å². The van der Waals surface area contributed by atoms with E-state index in [1.54, 1.807) is 6.07 Å². The zero-order valence-corrected chi connectivity index (χ0v) is 20.7. The van der Waals surface area contributed by atoms with E-state index in [9.17, 15) is 30.8 Å². The number of nitrogens with zero attached hydrogens (tertiary/aromatic N) is 2. The number of halogens is 4. The van der Waals surface area contributed by atoms with Gasteiger partial charge in [-0.15, -0.1) is 0 Å². The van der Waals surface area contributed by atoms with Crippen molar-refractivity contribution in [3.8, 4) is 11.3 Å². The largest absolute Gasteiger partial charge is 0.416 e. The van der Waals surface area contributed by atoms with Gasteiger partial charge in [0.2, 0.25) is 5.91 Å². The van der Waals surface area contributed by atoms with Crippen LogP contribution in [0.1, 0.15) is 17.7 Å². The van der Waals surface area contributed by atoms with Crippen LogP contribution < -0.4 is 5.32 Å². The molecule has 12 heteroatoms. The number of amides is 1. The molecule has 1 aliphatic heterocycles. The minimum atomic E-state index is -4.45. The molecule has 1 amide bonds. The SMILES string of the molecule is O=C(NCc1cc(-c2ccc(C(F)(F)F)cc2)ncn1)[C@H]1C[C@H]2COC[C@H]2C1S(=O)(=O)c1ccc(F)cc1. The molecule has 0 radical (unpaired) electrons. The number of carbonyl (C=O) groups is 1. The minimum Gasteiger partial charge on any atom is -0.381 e. The lowest BCUT2D eigenvalue weighted by atomic mass is 10.0. The van der Waals surface area contributed by atoms with E-state index >= 15 is 0 Å². The molecule has 1 unspecified atom stereocenters. The topological polar surface area (TPSA) is 98.2 Å². The van der Waals surface area contributed by atoms with E-state index in [-0.39, 0.29) is 29.9 Å². The van der Waals surface area contributed by atoms with Crippen molar-refractivity contribution in [1.82, 2.24) is 15.3 Å². The molecule has 2 heterocycles. The summed E-state index contributed by atoms with van der Waals surface area (Å²) < 4.78 is 84.5. The number of fused-ring (bicyclic) bond motifs is 1. The molecule has 1 aromatic heterocycles. The molecule has 1 N–H and O–H groups in total. The molecule has 2 aliphatic rings. The Morgan fingerprint density at radius 3 is 2.42 bits per heavy atom. The zero-order valence-electron chi connectivity index (χ0n) is 19.9. The van der Waals surface area contributed by atoms with E-state index < -0.39 is 44.5 Å². The highest BCUT2D eigenvalue weighted by atomic mass is 32.2. The zero-order chi connectivity index (χ0) is 27.1. The van der Waals surface area contributed by atoms with Gasteiger partial charge in [-0.3, -0.25) is 4.79 Å². The van der Waals surface area contributed by atoms with E-state index in [2.05, 4.69) is 15.3 Å². The summed E-state index contributed by atoms with van der Waals surface area (Å²) in [5, 5.41) is 1.74. The highest BCUT2D eigenvalue weighted by Crippen LogP contribution is 2.46. The van der Waals surface area contributed by atoms with Crippen LogP contribution in [0, 0.1) is 23.6 Å². The molecule has 1 saturated carbocycles. The van der Waals surface area contributed by atoms with Crippen molar-refractivity contribution >= 4 is 15.7 Å². The van der Waals surface area contributed by atoms with E-state index in [1.165, 1.54) is 30.6 Å². The van der Waals surface area contributed by atoms with Crippen LogP contribution in [-0.4, -0.2) is 42.8 Å². The highest BCUT2D eigenvalue weighted by Gasteiger charge is 2.54. The standard InChI is InChI=1S/C26H23F4N3O4S/c27-18-5-7-20(8-6-18)38(35,36)24-21(9-16-12-37-13-22(16)24)25(34)31-11-19-10-23(33-14-32-19)15-1-3-17(4-2-15)26(28,29)30/h1-8,10,14,16,21-22,24H,9,11-13H2,(H,31,34)/t16-,21-,22+,24?/m0/s1. The Labute approximate surface area is 216 Å². The van der Waals surface area contributed by atoms with E-state index in [1.807, 2.05) is 0 Å². The number of alkyl halides is 3. The van der Waals surface area contributed by atoms with Crippen molar-refractivity contribution in [1.29, 1.82) is 0 Å². The predicted molar refractivity (Wildman–Crippen MR) is 128 cm³/mol. The number of nitrogens with one attached hydrogen (secondary N) is 1. The average molecular weight is 550 g/mol. The summed E-state index contributed by atoms with van der Waals surface area (Å²) >= 11 is 0. The molecular formula is C26H23F4N3O4S. The van der Waals surface area contributed by atoms with Crippen LogP contribution in [-0.2, 0) is 32.1 Å². The maximum atomic E-state index is 13.5. The number of ether oxygens (including phenoxy) is 1. The van der Waals surface area contributed by atoms with E-state index in [0.717, 1.165) is 24.3 Å². The van der Waals surface area contributed by atoms with Crippen molar-refractivity contribution in [2.75, 3.05) is 13.2 Å². The summed E-state index contributed by atoms with van der Waals surface area (Å²) in [5.74, 6) is -2.29. The second kappa shape index (κ2) is 10.1. The molecular weight excluding hydrogens is 526 g/mol. The third-order valence-electron chi connectivity index (χ3n) is 7.14. The Morgan fingerprint density at radius 1 is 1.03 bits per heavy atom. The lowest BCUT2D eigenvalue weighted by Gasteiger charge is -2.23. The van der Waals surface area contributed by atoms with Gasteiger partial charge < -0.3 is 10.1 Å². The Morgan fingerprint density at radius 2 is 1.74 bits per heavy atom. The molecule has 2 fully saturated rings. The predicted octanol–water partition coefficient (Wildman–Crippen LogP) is 4.04. The van der Waals surface area contributed by atoms with Gasteiger partial charge in [-0.1, -0.05) is 12.1 Å². The number of sulfone groups is 1. The van der Waals surface area contributed by atoms with Gasteiger partial charge in [0, 0.05) is 18.1 Å². The van der Waals surface area contributed by atoms with Crippen molar-refractivity contribution in [3.05, 3.63) is 78.0 Å². The second-order valence-corrected chi connectivity index (χ2v) is 11.6. The number of rotatable bonds is 6. The van der Waals surface area contributed by atoms with Crippen LogP contribution in [0.5, 0.6) is 0 Å². The third-order valence-corrected chi connectivity index (χ3v) is 9.46. The monoisotopic (exact) mass is 549 g/mol. The summed E-state index contributed by atoms with van der Waals surface area (Å²) in [4.78, 5) is 21.4. The first kappa shape index (κ1) is 26.2. The van der Waals surface area contributed by atoms with Gasteiger partial charge in [-0.2, -0.15) is 13.2 Å². The van der Waals surface area contributed by atoms with Gasteiger partial charge in [-0.05, 0) is 54.8 Å². The van der Waals surface area contributed by atoms with Crippen LogP contribution in [0.4, 0.5) is 17.6 Å². The smallest absolute Gasteiger partial charge is 0.381 e. The molecule has 5 rings (SSSR count). The maximum absolute atomic E-state index is 13.5. The van der Waals surface area contributed by atoms with Crippen LogP contribution in [0.25, 0.3) is 11.3 Å². The fourth-order valence-corrected chi connectivity index (χ4v) is 7.51. The fraction of sp³-hybridized carbons (Fsp3) is 0.346. The first-order chi connectivity index (χ1) is 18.0. The molecule has 0 spiro atoms. The number of benzene rings is 2. The van der Waals surface area contributed by atoms with Gasteiger partial charge in [0.25, 0.3) is 0 Å². The molecule has 1 aliphatic carbocycles. The summed E-state index contributed by atoms with van der Waals surface area (Å²) in [6, 6.07) is 10.6. The van der Waals surface area contributed by atoms with Crippen molar-refractivity contribution < 1.29 is 35.5 Å². The summed E-state index contributed by atoms with van der Waals surface area (Å²) in [5.41, 5.74) is 0.451. The molecule has 3 aromatic rings. The van der Waals surface area contributed by atoms with Crippen LogP contribution in [0.3, 0.4) is 0 Å². The second-order valence-electron chi connectivity index (χ2n) is 9.45. The molecule has 200 valence electrons. The summed E-state index contributed by atoms with van der Waals surface area (Å²) in [6.45, 7) is 0.564. The molecule has 0 bridgehead atoms. The molecule has 4 atom stereocenters. The quantitative estimate of drug-likeness (QED) is 0.368. The van der Waals surface area contributed by atoms with Crippen molar-refractivity contribution in [2.45, 2.75) is 29.3 Å². The van der Waals surface area contributed by atoms with Gasteiger partial charge in [-0.25, -0.2) is 22.8 Å². The van der Waals surface area contributed by atoms with Crippen molar-refractivity contribution in [2.24, 2.45) is 17.8 Å². The van der Waals surface area contributed by atoms with Gasteiger partial charge in [0.05, 0.1) is 46.2 Å². The maximum Gasteiger partial charge on any atom is 0.416 e. The van der Waals surface area contributed by atoms with Gasteiger partial charge in [0.1, 0.15) is 12.1 Å². The fourth-order valence-electron chi connectivity index (χ4n) is 5.25. The van der Waals surface area contributed by atoms with Crippen LogP contribution in [0.15, 0.2) is 65.8 Å². The van der Waals surface area contributed by atoms with Gasteiger partial charge in [0.15, 0.2) is 9.84 Å². The Kier molecular flexibility index (Phi) is 6.95. The first-order valence-electron chi connectivity index (χ1n) is 11.9. The third kappa shape index (κ3) is 5.14. The number of hydrogen-bond donors (Lipinski definition) is 1. The van der Waals surface area contributed by atoms with Crippen LogP contribution >= 0.6 is 0 Å². The lowest BCUT2D eigenvalue weighted by molar-refractivity contribution is -0.137. The average Bonchev–Trinajstić information content (AvgIpc) is 3.49. The Bertz CT molecular complexity index is 1430. The van der Waals surface area contributed by atoms with Crippen molar-refractivity contribution in [3.63, 3.8) is 0 Å². The van der Waals surface area contributed by atoms with Crippen LogP contribution in [0.2, 0.25) is 0 Å². The first-order valence-corrected chi connectivity index (χ1v) is 13.4. The lowest BCUT2D eigenvalue weighted by Crippen LogP contribution is -2.41. The van der Waals surface area contributed by atoms with E-state index in [0.29, 0.717) is 30.0 Å². The normalized spacial score (nSPS) is 23.3.